The van der Waals surface area contributed by atoms with Crippen LogP contribution < -0.4 is 10.6 Å². The van der Waals surface area contributed by atoms with Gasteiger partial charge in [-0.15, -0.1) is 0 Å². The van der Waals surface area contributed by atoms with Gasteiger partial charge in [-0.05, 0) is 37.7 Å². The molecular formula is C20H23F9N2O8. The molecule has 0 bridgehead atoms. The van der Waals surface area contributed by atoms with Gasteiger partial charge in [0.2, 0.25) is 0 Å². The number of halogens is 9. The maximum atomic E-state index is 12.5. The Bertz CT molecular complexity index is 914. The van der Waals surface area contributed by atoms with Gasteiger partial charge < -0.3 is 24.8 Å². The van der Waals surface area contributed by atoms with Crippen molar-refractivity contribution in [3.8, 4) is 0 Å². The molecule has 0 aromatic rings. The zero-order valence-electron chi connectivity index (χ0n) is 20.1. The second-order valence-electron chi connectivity index (χ2n) is 7.50. The summed E-state index contributed by atoms with van der Waals surface area (Å²) in [7, 11) is 1.61. The third-order valence-corrected chi connectivity index (χ3v) is 4.60. The maximum Gasteiger partial charge on any atom is 0.490 e. The van der Waals surface area contributed by atoms with Crippen LogP contribution in [0, 0.1) is 0 Å². The first-order chi connectivity index (χ1) is 17.7. The summed E-state index contributed by atoms with van der Waals surface area (Å²) < 4.78 is 125. The van der Waals surface area contributed by atoms with Crippen LogP contribution in [0.1, 0.15) is 32.1 Å². The average molecular weight is 590 g/mol. The van der Waals surface area contributed by atoms with Crippen molar-refractivity contribution >= 4 is 29.7 Å². The van der Waals surface area contributed by atoms with E-state index in [2.05, 4.69) is 14.2 Å². The molecule has 2 atom stereocenters. The summed E-state index contributed by atoms with van der Waals surface area (Å²) in [6, 6.07) is -3.67. The van der Waals surface area contributed by atoms with Gasteiger partial charge in [-0.3, -0.25) is 9.59 Å². The zero-order chi connectivity index (χ0) is 30.6. The Morgan fingerprint density at radius 2 is 1.15 bits per heavy atom. The number of methoxy groups -OCH3 is 2. The van der Waals surface area contributed by atoms with Gasteiger partial charge in [0, 0.05) is 0 Å². The summed E-state index contributed by atoms with van der Waals surface area (Å²) in [5.74, 6) is -10.1. The lowest BCUT2D eigenvalue weighted by molar-refractivity contribution is -0.198. The van der Waals surface area contributed by atoms with Gasteiger partial charge in [-0.2, -0.15) is 39.5 Å². The predicted octanol–water partition coefficient (Wildman–Crippen LogP) is 2.41. The SMILES string of the molecule is COC(=O)C(CCC/C=C(/CCC(NC(=O)C(F)(F)F)C(=O)OC)COC(=O)C(F)(F)F)NC(=O)C(F)(F)F. The molecule has 0 aromatic heterocycles. The van der Waals surface area contributed by atoms with Crippen LogP contribution >= 0.6 is 0 Å². The van der Waals surface area contributed by atoms with Gasteiger partial charge in [0.05, 0.1) is 14.2 Å². The number of unbranched alkanes of at least 4 members (excludes halogenated alkanes) is 1. The third kappa shape index (κ3) is 13.7. The van der Waals surface area contributed by atoms with E-state index in [0.717, 1.165) is 20.3 Å². The quantitative estimate of drug-likeness (QED) is 0.110. The number of carbonyl (C=O) groups excluding carboxylic acids is 5. The van der Waals surface area contributed by atoms with Crippen molar-refractivity contribution in [1.82, 2.24) is 10.6 Å². The Kier molecular flexibility index (Phi) is 13.8. The smallest absolute Gasteiger partial charge is 0.467 e. The van der Waals surface area contributed by atoms with Crippen LogP contribution in [0.25, 0.3) is 0 Å². The van der Waals surface area contributed by atoms with Gasteiger partial charge in [0.1, 0.15) is 18.7 Å². The highest BCUT2D eigenvalue weighted by atomic mass is 19.4. The van der Waals surface area contributed by atoms with Crippen LogP contribution in [0.5, 0.6) is 0 Å². The molecule has 0 spiro atoms. The molecule has 0 heterocycles. The van der Waals surface area contributed by atoms with Gasteiger partial charge in [-0.1, -0.05) is 6.08 Å². The molecule has 0 aromatic carbocycles. The molecule has 0 saturated heterocycles. The number of ether oxygens (including phenoxy) is 3. The van der Waals surface area contributed by atoms with Crippen molar-refractivity contribution in [2.75, 3.05) is 20.8 Å². The van der Waals surface area contributed by atoms with Crippen molar-refractivity contribution in [2.45, 2.75) is 62.7 Å². The van der Waals surface area contributed by atoms with E-state index in [0.29, 0.717) is 0 Å². The Morgan fingerprint density at radius 1 is 0.718 bits per heavy atom. The van der Waals surface area contributed by atoms with Gasteiger partial charge in [-0.25, -0.2) is 14.4 Å². The highest BCUT2D eigenvalue weighted by molar-refractivity contribution is 5.88. The Labute approximate surface area is 214 Å². The zero-order valence-corrected chi connectivity index (χ0v) is 20.1. The van der Waals surface area contributed by atoms with E-state index in [4.69, 9.17) is 0 Å². The number of hydrogen-bond donors (Lipinski definition) is 2. The summed E-state index contributed by atoms with van der Waals surface area (Å²) >= 11 is 0. The van der Waals surface area contributed by atoms with Crippen molar-refractivity contribution in [2.24, 2.45) is 0 Å². The fourth-order valence-corrected chi connectivity index (χ4v) is 2.69. The second-order valence-corrected chi connectivity index (χ2v) is 7.50. The Morgan fingerprint density at radius 3 is 1.54 bits per heavy atom. The van der Waals surface area contributed by atoms with Crippen LogP contribution in [-0.2, 0) is 38.2 Å². The summed E-state index contributed by atoms with van der Waals surface area (Å²) in [5.41, 5.74) is -0.197. The molecule has 0 aliphatic carbocycles. The molecule has 19 heteroatoms. The standard InChI is InChI=1S/C20H23F9N2O8/c1-37-13(32)11(30-15(34)18(21,22)23)6-4-3-5-10(9-39-17(36)20(27,28)29)7-8-12(14(33)38-2)31-16(35)19(24,25)26/h5,11-12H,3-4,6-9H2,1-2H3,(H,30,34)(H,31,35)/b10-5-. The fourth-order valence-electron chi connectivity index (χ4n) is 2.69. The van der Waals surface area contributed by atoms with E-state index in [1.54, 1.807) is 0 Å². The van der Waals surface area contributed by atoms with Gasteiger partial charge >= 0.3 is 48.3 Å². The van der Waals surface area contributed by atoms with Crippen LogP contribution in [0.4, 0.5) is 39.5 Å². The maximum absolute atomic E-state index is 12.5. The van der Waals surface area contributed by atoms with Crippen LogP contribution in [0.15, 0.2) is 11.6 Å². The number of carbonyl (C=O) groups is 5. The second kappa shape index (κ2) is 15.2. The third-order valence-electron chi connectivity index (χ3n) is 4.60. The van der Waals surface area contributed by atoms with Gasteiger partial charge in [0.15, 0.2) is 0 Å². The number of hydrogen-bond acceptors (Lipinski definition) is 8. The largest absolute Gasteiger partial charge is 0.490 e. The molecule has 0 radical (unpaired) electrons. The van der Waals surface area contributed by atoms with Crippen molar-refractivity contribution < 1.29 is 77.7 Å². The van der Waals surface area contributed by atoms with E-state index in [-0.39, 0.29) is 18.4 Å². The highest BCUT2D eigenvalue weighted by Gasteiger charge is 2.42. The average Bonchev–Trinajstić information content (AvgIpc) is 2.82. The van der Waals surface area contributed by atoms with E-state index in [1.165, 1.54) is 10.6 Å². The molecule has 10 nitrogen and oxygen atoms in total. The van der Waals surface area contributed by atoms with Crippen LogP contribution in [0.2, 0.25) is 0 Å². The number of amides is 2. The summed E-state index contributed by atoms with van der Waals surface area (Å²) in [5, 5.41) is 2.75. The molecule has 2 N–H and O–H groups in total. The number of esters is 3. The highest BCUT2D eigenvalue weighted by Crippen LogP contribution is 2.20. The number of alkyl halides is 9. The van der Waals surface area contributed by atoms with Crippen molar-refractivity contribution in [3.63, 3.8) is 0 Å². The fraction of sp³-hybridized carbons (Fsp3) is 0.650. The molecule has 0 saturated carbocycles. The van der Waals surface area contributed by atoms with E-state index >= 15 is 0 Å². The lowest BCUT2D eigenvalue weighted by Gasteiger charge is -2.19. The lowest BCUT2D eigenvalue weighted by atomic mass is 10.0. The van der Waals surface area contributed by atoms with Crippen molar-refractivity contribution in [1.29, 1.82) is 0 Å². The molecule has 0 aliphatic rings. The molecule has 0 fully saturated rings. The topological polar surface area (TPSA) is 137 Å². The molecule has 2 unspecified atom stereocenters. The summed E-state index contributed by atoms with van der Waals surface area (Å²) in [6.07, 6.45) is -17.1. The van der Waals surface area contributed by atoms with E-state index in [1.807, 2.05) is 0 Å². The minimum atomic E-state index is -5.40. The molecule has 39 heavy (non-hydrogen) atoms. The van der Waals surface area contributed by atoms with Crippen LogP contribution in [-0.4, -0.2) is 81.2 Å². The van der Waals surface area contributed by atoms with Crippen LogP contribution in [0.3, 0.4) is 0 Å². The molecular weight excluding hydrogens is 567 g/mol. The minimum absolute atomic E-state index is 0.195. The summed E-state index contributed by atoms with van der Waals surface area (Å²) in [6.45, 7) is -1.06. The van der Waals surface area contributed by atoms with E-state index < -0.39 is 86.2 Å². The molecule has 0 rings (SSSR count). The monoisotopic (exact) mass is 590 g/mol. The minimum Gasteiger partial charge on any atom is -0.467 e. The Balaban J connectivity index is 5.56. The predicted molar refractivity (Wildman–Crippen MR) is 108 cm³/mol. The number of nitrogens with one attached hydrogen (secondary N) is 2. The van der Waals surface area contributed by atoms with E-state index in [9.17, 15) is 63.5 Å². The molecule has 224 valence electrons. The van der Waals surface area contributed by atoms with Crippen molar-refractivity contribution in [3.05, 3.63) is 11.6 Å². The first kappa shape index (κ1) is 35.5. The normalized spacial score (nSPS) is 14.1. The first-order valence-corrected chi connectivity index (χ1v) is 10.6. The number of rotatable bonds is 13. The van der Waals surface area contributed by atoms with Gasteiger partial charge in [0.25, 0.3) is 0 Å². The molecule has 0 aliphatic heterocycles. The number of allylic oxidation sites excluding steroid dienone is 1. The Hall–Kier alpha value is -3.54. The lowest BCUT2D eigenvalue weighted by Crippen LogP contribution is -2.47. The summed E-state index contributed by atoms with van der Waals surface area (Å²) in [4.78, 5) is 56.7. The first-order valence-electron chi connectivity index (χ1n) is 10.6. The molecule has 2 amide bonds.